The summed E-state index contributed by atoms with van der Waals surface area (Å²) in [5.41, 5.74) is 5.96. The summed E-state index contributed by atoms with van der Waals surface area (Å²) in [6.45, 7) is 1.10. The number of hydrogen-bond acceptors (Lipinski definition) is 7. The molecule has 2 aliphatic heterocycles. The molecule has 0 aliphatic carbocycles. The molecule has 1 atom stereocenters. The maximum Gasteiger partial charge on any atom is 0.264 e. The lowest BCUT2D eigenvalue weighted by Crippen LogP contribution is -2.49. The molecule has 0 aromatic heterocycles. The van der Waals surface area contributed by atoms with E-state index < -0.39 is 29.7 Å². The Kier molecular flexibility index (Phi) is 6.78. The molecular formula is C20H24N4O6. The lowest BCUT2D eigenvalue weighted by molar-refractivity contribution is -0.131. The van der Waals surface area contributed by atoms with Crippen molar-refractivity contribution in [2.75, 3.05) is 25.1 Å². The Balaban J connectivity index is 1.65. The summed E-state index contributed by atoms with van der Waals surface area (Å²) >= 11 is 0. The van der Waals surface area contributed by atoms with Gasteiger partial charge in [-0.2, -0.15) is 0 Å². The van der Waals surface area contributed by atoms with Crippen molar-refractivity contribution in [3.63, 3.8) is 0 Å². The van der Waals surface area contributed by atoms with Crippen molar-refractivity contribution in [1.29, 1.82) is 0 Å². The molecule has 1 fully saturated rings. The Hall–Kier alpha value is -3.27. The first-order valence-electron chi connectivity index (χ1n) is 9.84. The number of hydrogen-bond donors (Lipinski definition) is 3. The average molecular weight is 416 g/mol. The zero-order valence-corrected chi connectivity index (χ0v) is 16.4. The molecule has 1 saturated heterocycles. The van der Waals surface area contributed by atoms with Gasteiger partial charge in [0.05, 0.1) is 17.7 Å². The molecular weight excluding hydrogens is 392 g/mol. The first-order chi connectivity index (χ1) is 14.4. The fraction of sp³-hybridized carbons (Fsp3) is 0.450. The first-order valence-corrected chi connectivity index (χ1v) is 9.84. The maximum absolute atomic E-state index is 13.0. The Morgan fingerprint density at radius 2 is 2.00 bits per heavy atom. The lowest BCUT2D eigenvalue weighted by atomic mass is 10.1. The van der Waals surface area contributed by atoms with Gasteiger partial charge in [-0.15, -0.1) is 0 Å². The van der Waals surface area contributed by atoms with Crippen molar-refractivity contribution < 1.29 is 28.7 Å². The van der Waals surface area contributed by atoms with E-state index >= 15 is 0 Å². The molecule has 0 saturated carbocycles. The quantitative estimate of drug-likeness (QED) is 0.384. The van der Waals surface area contributed by atoms with Crippen LogP contribution in [-0.2, 0) is 19.1 Å². The highest BCUT2D eigenvalue weighted by atomic mass is 16.5. The van der Waals surface area contributed by atoms with Crippen LogP contribution in [0.5, 0.6) is 0 Å². The van der Waals surface area contributed by atoms with Crippen LogP contribution in [0.25, 0.3) is 0 Å². The summed E-state index contributed by atoms with van der Waals surface area (Å²) in [4.78, 5) is 61.4. The van der Waals surface area contributed by atoms with Crippen LogP contribution >= 0.6 is 0 Å². The highest BCUT2D eigenvalue weighted by Gasteiger charge is 2.44. The van der Waals surface area contributed by atoms with Crippen molar-refractivity contribution in [3.05, 3.63) is 29.3 Å². The molecule has 160 valence electrons. The highest BCUT2D eigenvalue weighted by molar-refractivity contribution is 6.25. The van der Waals surface area contributed by atoms with Gasteiger partial charge in [0.2, 0.25) is 17.7 Å². The molecule has 5 amide bonds. The number of anilines is 1. The zero-order chi connectivity index (χ0) is 21.7. The maximum atomic E-state index is 13.0. The van der Waals surface area contributed by atoms with Crippen molar-refractivity contribution in [2.24, 2.45) is 5.73 Å². The van der Waals surface area contributed by atoms with Crippen molar-refractivity contribution in [2.45, 2.75) is 38.1 Å². The Morgan fingerprint density at radius 3 is 2.77 bits per heavy atom. The number of imide groups is 2. The fourth-order valence-corrected chi connectivity index (χ4v) is 3.56. The summed E-state index contributed by atoms with van der Waals surface area (Å²) in [5.74, 6) is -2.52. The van der Waals surface area contributed by atoms with E-state index in [4.69, 9.17) is 10.5 Å². The number of fused-ring (bicyclic) bond motifs is 1. The summed E-state index contributed by atoms with van der Waals surface area (Å²) in [5, 5.41) is 5.31. The predicted octanol–water partition coefficient (Wildman–Crippen LogP) is 0.172. The fourth-order valence-electron chi connectivity index (χ4n) is 3.56. The van der Waals surface area contributed by atoms with E-state index in [2.05, 4.69) is 10.6 Å². The van der Waals surface area contributed by atoms with Gasteiger partial charge in [0, 0.05) is 31.7 Å². The second kappa shape index (κ2) is 9.49. The molecule has 4 N–H and O–H groups in total. The van der Waals surface area contributed by atoms with Gasteiger partial charge in [-0.1, -0.05) is 6.07 Å². The van der Waals surface area contributed by atoms with Crippen molar-refractivity contribution in [3.8, 4) is 0 Å². The van der Waals surface area contributed by atoms with Gasteiger partial charge in [-0.25, -0.2) is 0 Å². The molecule has 1 aromatic rings. The van der Waals surface area contributed by atoms with E-state index in [0.717, 1.165) is 4.90 Å². The molecule has 10 heteroatoms. The summed E-state index contributed by atoms with van der Waals surface area (Å²) in [7, 11) is 0. The van der Waals surface area contributed by atoms with Crippen LogP contribution in [0.1, 0.15) is 52.8 Å². The van der Waals surface area contributed by atoms with Gasteiger partial charge < -0.3 is 15.8 Å². The molecule has 0 unspecified atom stereocenters. The van der Waals surface area contributed by atoms with Crippen LogP contribution in [0.2, 0.25) is 0 Å². The van der Waals surface area contributed by atoms with E-state index in [0.29, 0.717) is 38.3 Å². The van der Waals surface area contributed by atoms with Gasteiger partial charge in [-0.3, -0.25) is 34.2 Å². The molecule has 0 radical (unpaired) electrons. The van der Waals surface area contributed by atoms with Crippen LogP contribution in [-0.4, -0.2) is 60.2 Å². The molecule has 0 spiro atoms. The average Bonchev–Trinajstić information content (AvgIpc) is 2.83. The SMILES string of the molecule is NC(=O)CCCOCCNc1cccc2c1C(=O)N([C@H]1CCCC(=O)NC1=O)C2=O. The Bertz CT molecular complexity index is 884. The van der Waals surface area contributed by atoms with Gasteiger partial charge in [0.25, 0.3) is 11.8 Å². The molecule has 0 bridgehead atoms. The van der Waals surface area contributed by atoms with Gasteiger partial charge >= 0.3 is 0 Å². The van der Waals surface area contributed by atoms with Crippen LogP contribution < -0.4 is 16.4 Å². The summed E-state index contributed by atoms with van der Waals surface area (Å²) in [6.07, 6.45) is 1.62. The van der Waals surface area contributed by atoms with E-state index in [1.54, 1.807) is 18.2 Å². The first kappa shape index (κ1) is 21.4. The predicted molar refractivity (Wildman–Crippen MR) is 105 cm³/mol. The second-order valence-corrected chi connectivity index (χ2v) is 7.14. The smallest absolute Gasteiger partial charge is 0.264 e. The largest absolute Gasteiger partial charge is 0.382 e. The number of carbonyl (C=O) groups excluding carboxylic acids is 5. The number of nitrogens with zero attached hydrogens (tertiary/aromatic N) is 1. The zero-order valence-electron chi connectivity index (χ0n) is 16.4. The van der Waals surface area contributed by atoms with Crippen LogP contribution in [0.15, 0.2) is 18.2 Å². The highest BCUT2D eigenvalue weighted by Crippen LogP contribution is 2.32. The van der Waals surface area contributed by atoms with Crippen molar-refractivity contribution >= 4 is 35.2 Å². The Labute approximate surface area is 173 Å². The number of ether oxygens (including phenoxy) is 1. The van der Waals surface area contributed by atoms with Gasteiger partial charge in [0.1, 0.15) is 6.04 Å². The number of carbonyl (C=O) groups is 5. The number of benzene rings is 1. The van der Waals surface area contributed by atoms with E-state index in [9.17, 15) is 24.0 Å². The van der Waals surface area contributed by atoms with Crippen LogP contribution in [0.3, 0.4) is 0 Å². The molecule has 3 rings (SSSR count). The molecule has 2 heterocycles. The number of nitrogens with one attached hydrogen (secondary N) is 2. The number of nitrogens with two attached hydrogens (primary N) is 1. The molecule has 1 aromatic carbocycles. The monoisotopic (exact) mass is 416 g/mol. The van der Waals surface area contributed by atoms with Crippen LogP contribution in [0, 0.1) is 0 Å². The number of amides is 5. The minimum Gasteiger partial charge on any atom is -0.382 e. The summed E-state index contributed by atoms with van der Waals surface area (Å²) < 4.78 is 5.41. The topological polar surface area (TPSA) is 148 Å². The third-order valence-electron chi connectivity index (χ3n) is 4.98. The van der Waals surface area contributed by atoms with Crippen molar-refractivity contribution in [1.82, 2.24) is 10.2 Å². The Morgan fingerprint density at radius 1 is 1.20 bits per heavy atom. The van der Waals surface area contributed by atoms with Gasteiger partial charge in [-0.05, 0) is 31.4 Å². The van der Waals surface area contributed by atoms with E-state index in [1.807, 2.05) is 0 Å². The molecule has 2 aliphatic rings. The minimum atomic E-state index is -1.01. The standard InChI is InChI=1S/C20H24N4O6/c21-15(25)7-3-10-30-11-9-22-13-5-1-4-12-17(13)20(29)24(19(12)28)14-6-2-8-16(26)23-18(14)27/h1,4-5,14,22H,2-3,6-11H2,(H2,21,25)(H,23,26,27)/t14-/m0/s1. The lowest BCUT2D eigenvalue weighted by Gasteiger charge is -2.23. The van der Waals surface area contributed by atoms with Crippen LogP contribution in [0.4, 0.5) is 5.69 Å². The third-order valence-corrected chi connectivity index (χ3v) is 4.98. The molecule has 30 heavy (non-hydrogen) atoms. The second-order valence-electron chi connectivity index (χ2n) is 7.14. The summed E-state index contributed by atoms with van der Waals surface area (Å²) in [6, 6.07) is 3.86. The van der Waals surface area contributed by atoms with E-state index in [1.165, 1.54) is 0 Å². The van der Waals surface area contributed by atoms with Gasteiger partial charge in [0.15, 0.2) is 0 Å². The number of rotatable bonds is 9. The minimum absolute atomic E-state index is 0.178. The number of primary amides is 1. The normalized spacial score (nSPS) is 18.8. The van der Waals surface area contributed by atoms with E-state index in [-0.39, 0.29) is 36.3 Å². The molecule has 10 nitrogen and oxygen atoms in total. The third kappa shape index (κ3) is 4.65.